The van der Waals surface area contributed by atoms with Gasteiger partial charge in [-0.15, -0.1) is 34.9 Å². The zero-order valence-electron chi connectivity index (χ0n) is 13.2. The van der Waals surface area contributed by atoms with Crippen molar-refractivity contribution in [1.82, 2.24) is 4.90 Å². The molecule has 2 heterocycles. The Balaban J connectivity index is 1.52. The van der Waals surface area contributed by atoms with E-state index >= 15 is 0 Å². The molecule has 0 amide bonds. The van der Waals surface area contributed by atoms with Gasteiger partial charge in [0.1, 0.15) is 0 Å². The lowest BCUT2D eigenvalue weighted by Crippen LogP contribution is -2.29. The van der Waals surface area contributed by atoms with Crippen molar-refractivity contribution >= 4 is 34.9 Å². The predicted octanol–water partition coefficient (Wildman–Crippen LogP) is 5.87. The van der Waals surface area contributed by atoms with E-state index in [1.807, 2.05) is 34.9 Å². The molecule has 1 aromatic carbocycles. The number of benzene rings is 1. The Kier molecular flexibility index (Phi) is 6.31. The first-order valence-corrected chi connectivity index (χ1v) is 10.6. The van der Waals surface area contributed by atoms with Gasteiger partial charge in [0.2, 0.25) is 0 Å². The van der Waals surface area contributed by atoms with Crippen LogP contribution in [0.5, 0.6) is 0 Å². The second-order valence-corrected chi connectivity index (χ2v) is 9.12. The lowest BCUT2D eigenvalue weighted by atomic mass is 10.3. The molecule has 0 radical (unpaired) electrons. The summed E-state index contributed by atoms with van der Waals surface area (Å²) < 4.78 is 0. The maximum absolute atomic E-state index is 2.43. The van der Waals surface area contributed by atoms with E-state index < -0.39 is 0 Å². The van der Waals surface area contributed by atoms with E-state index in [2.05, 4.69) is 84.1 Å². The van der Waals surface area contributed by atoms with Crippen LogP contribution in [-0.2, 0) is 6.54 Å². The summed E-state index contributed by atoms with van der Waals surface area (Å²) in [5.74, 6) is 1.13. The Bertz CT molecular complexity index is 634. The van der Waals surface area contributed by atoms with E-state index in [-0.39, 0.29) is 0 Å². The average molecular weight is 360 g/mol. The summed E-state index contributed by atoms with van der Waals surface area (Å²) in [7, 11) is 0. The molecule has 0 N–H and O–H groups in total. The number of hydrogen-bond acceptors (Lipinski definition) is 4. The average Bonchev–Trinajstić information content (AvgIpc) is 3.09. The fourth-order valence-electron chi connectivity index (χ4n) is 2.37. The van der Waals surface area contributed by atoms with Crippen molar-refractivity contribution in [2.75, 3.05) is 5.75 Å². The van der Waals surface area contributed by atoms with E-state index in [1.165, 1.54) is 9.77 Å². The van der Waals surface area contributed by atoms with Crippen LogP contribution < -0.4 is 0 Å². The summed E-state index contributed by atoms with van der Waals surface area (Å²) in [4.78, 5) is 5.21. The summed E-state index contributed by atoms with van der Waals surface area (Å²) in [5, 5.41) is 3.18. The molecule has 3 rings (SSSR count). The first-order chi connectivity index (χ1) is 11.3. The molecule has 1 nitrogen and oxygen atoms in total. The van der Waals surface area contributed by atoms with Gasteiger partial charge in [0, 0.05) is 27.0 Å². The molecule has 120 valence electrons. The SMILES string of the molecule is CC(CSc1ccccc1)SC1C=CC=CN1Cc1cccs1. The molecule has 0 saturated carbocycles. The third kappa shape index (κ3) is 5.20. The van der Waals surface area contributed by atoms with E-state index in [1.54, 1.807) is 0 Å². The van der Waals surface area contributed by atoms with Crippen molar-refractivity contribution in [3.63, 3.8) is 0 Å². The van der Waals surface area contributed by atoms with Gasteiger partial charge in [0.25, 0.3) is 0 Å². The zero-order valence-corrected chi connectivity index (χ0v) is 15.6. The molecule has 1 aliphatic rings. The molecule has 23 heavy (non-hydrogen) atoms. The lowest BCUT2D eigenvalue weighted by Gasteiger charge is -2.31. The Morgan fingerprint density at radius 2 is 2.00 bits per heavy atom. The quantitative estimate of drug-likeness (QED) is 0.569. The van der Waals surface area contributed by atoms with Crippen LogP contribution in [0.25, 0.3) is 0 Å². The Labute approximate surface area is 151 Å². The van der Waals surface area contributed by atoms with Crippen molar-refractivity contribution in [2.45, 2.75) is 29.0 Å². The number of allylic oxidation sites excluding steroid dienone is 2. The summed E-state index contributed by atoms with van der Waals surface area (Å²) in [6, 6.07) is 15.0. The second kappa shape index (κ2) is 8.67. The molecule has 4 heteroatoms. The minimum atomic E-state index is 0.425. The maximum Gasteiger partial charge on any atom is 0.0940 e. The minimum absolute atomic E-state index is 0.425. The summed E-state index contributed by atoms with van der Waals surface area (Å²) in [5.41, 5.74) is 0. The largest absolute Gasteiger partial charge is 0.357 e. The molecular formula is C19H21NS3. The zero-order chi connectivity index (χ0) is 15.9. The van der Waals surface area contributed by atoms with Crippen LogP contribution in [0.1, 0.15) is 11.8 Å². The van der Waals surface area contributed by atoms with Crippen LogP contribution in [0.4, 0.5) is 0 Å². The normalized spacial score (nSPS) is 18.3. The maximum atomic E-state index is 2.43. The van der Waals surface area contributed by atoms with Gasteiger partial charge in [-0.05, 0) is 29.7 Å². The molecule has 0 spiro atoms. The van der Waals surface area contributed by atoms with Gasteiger partial charge in [-0.2, -0.15) is 0 Å². The highest BCUT2D eigenvalue weighted by molar-refractivity contribution is 8.03. The van der Waals surface area contributed by atoms with Crippen molar-refractivity contribution in [3.8, 4) is 0 Å². The number of rotatable bonds is 7. The molecule has 0 fully saturated rings. The number of thioether (sulfide) groups is 2. The first kappa shape index (κ1) is 16.7. The Morgan fingerprint density at radius 1 is 1.13 bits per heavy atom. The number of hydrogen-bond donors (Lipinski definition) is 0. The number of nitrogens with zero attached hydrogens (tertiary/aromatic N) is 1. The van der Waals surface area contributed by atoms with Crippen molar-refractivity contribution in [3.05, 3.63) is 77.1 Å². The van der Waals surface area contributed by atoms with Crippen LogP contribution in [0.3, 0.4) is 0 Å². The summed E-state index contributed by atoms with van der Waals surface area (Å²) >= 11 is 5.82. The second-order valence-electron chi connectivity index (χ2n) is 5.44. The molecule has 0 aliphatic carbocycles. The topological polar surface area (TPSA) is 3.24 Å². The molecule has 0 saturated heterocycles. The van der Waals surface area contributed by atoms with Crippen LogP contribution in [-0.4, -0.2) is 21.3 Å². The van der Waals surface area contributed by atoms with Crippen LogP contribution in [0, 0.1) is 0 Å². The molecular weight excluding hydrogens is 338 g/mol. The smallest absolute Gasteiger partial charge is 0.0940 e. The van der Waals surface area contributed by atoms with Crippen LogP contribution >= 0.6 is 34.9 Å². The van der Waals surface area contributed by atoms with E-state index in [9.17, 15) is 0 Å². The molecule has 1 aliphatic heterocycles. The highest BCUT2D eigenvalue weighted by Gasteiger charge is 2.19. The monoisotopic (exact) mass is 359 g/mol. The van der Waals surface area contributed by atoms with Gasteiger partial charge in [-0.3, -0.25) is 0 Å². The fourth-order valence-corrected chi connectivity index (χ4v) is 5.34. The third-order valence-corrected chi connectivity index (χ3v) is 7.19. The highest BCUT2D eigenvalue weighted by Crippen LogP contribution is 2.30. The van der Waals surface area contributed by atoms with Gasteiger partial charge in [0.15, 0.2) is 0 Å². The standard InChI is InChI=1S/C19H21NS3/c1-16(15-22-17-8-3-2-4-9-17)23-19-11-5-6-12-20(19)14-18-10-7-13-21-18/h2-13,16,19H,14-15H2,1H3. The van der Waals surface area contributed by atoms with Gasteiger partial charge in [0.05, 0.1) is 11.9 Å². The van der Waals surface area contributed by atoms with E-state index in [0.29, 0.717) is 10.6 Å². The molecule has 2 unspecified atom stereocenters. The van der Waals surface area contributed by atoms with E-state index in [0.717, 1.165) is 12.3 Å². The Hall–Kier alpha value is -1.10. The summed E-state index contributed by atoms with van der Waals surface area (Å²) in [6.45, 7) is 3.32. The molecule has 2 aromatic rings. The predicted molar refractivity (Wildman–Crippen MR) is 106 cm³/mol. The van der Waals surface area contributed by atoms with Gasteiger partial charge < -0.3 is 4.90 Å². The minimum Gasteiger partial charge on any atom is -0.357 e. The molecule has 2 atom stereocenters. The lowest BCUT2D eigenvalue weighted by molar-refractivity contribution is 0.383. The van der Waals surface area contributed by atoms with Gasteiger partial charge in [-0.25, -0.2) is 0 Å². The third-order valence-electron chi connectivity index (χ3n) is 3.51. The van der Waals surface area contributed by atoms with Gasteiger partial charge >= 0.3 is 0 Å². The van der Waals surface area contributed by atoms with Gasteiger partial charge in [-0.1, -0.05) is 43.3 Å². The summed E-state index contributed by atoms with van der Waals surface area (Å²) in [6.07, 6.45) is 8.82. The molecule has 0 bridgehead atoms. The Morgan fingerprint density at radius 3 is 2.78 bits per heavy atom. The number of thiophene rings is 1. The first-order valence-electron chi connectivity index (χ1n) is 7.78. The fraction of sp³-hybridized carbons (Fsp3) is 0.263. The van der Waals surface area contributed by atoms with Crippen LogP contribution in [0.2, 0.25) is 0 Å². The highest BCUT2D eigenvalue weighted by atomic mass is 32.2. The van der Waals surface area contributed by atoms with Crippen molar-refractivity contribution < 1.29 is 0 Å². The molecule has 1 aromatic heterocycles. The van der Waals surface area contributed by atoms with Crippen LogP contribution in [0.15, 0.2) is 77.2 Å². The van der Waals surface area contributed by atoms with E-state index in [4.69, 9.17) is 0 Å². The van der Waals surface area contributed by atoms with Crippen molar-refractivity contribution in [2.24, 2.45) is 0 Å². The van der Waals surface area contributed by atoms with Crippen molar-refractivity contribution in [1.29, 1.82) is 0 Å².